The number of thioether (sulfide) groups is 1. The lowest BCUT2D eigenvalue weighted by molar-refractivity contribution is 0.592. The minimum absolute atomic E-state index is 0.553. The van der Waals surface area contributed by atoms with Crippen LogP contribution in [0.25, 0.3) is 33.7 Å². The third-order valence-corrected chi connectivity index (χ3v) is 5.13. The van der Waals surface area contributed by atoms with Crippen LogP contribution in [0.4, 0.5) is 0 Å². The number of rotatable bonds is 5. The number of furan rings is 1. The maximum absolute atomic E-state index is 6.00. The van der Waals surface area contributed by atoms with Gasteiger partial charge >= 0.3 is 0 Å². The van der Waals surface area contributed by atoms with Crippen LogP contribution in [0, 0.1) is 0 Å². The number of fused-ring (bicyclic) bond motifs is 1. The van der Waals surface area contributed by atoms with Crippen LogP contribution in [0.5, 0.6) is 0 Å². The maximum Gasteiger partial charge on any atom is 0.209 e. The van der Waals surface area contributed by atoms with Gasteiger partial charge in [-0.2, -0.15) is 10.1 Å². The van der Waals surface area contributed by atoms with Gasteiger partial charge in [-0.05, 0) is 34.2 Å². The van der Waals surface area contributed by atoms with Crippen molar-refractivity contribution in [3.8, 4) is 22.9 Å². The second kappa shape index (κ2) is 6.81. The molecule has 0 unspecified atom stereocenters. The number of hydrogen-bond acceptors (Lipinski definition) is 7. The Morgan fingerprint density at radius 2 is 1.89 bits per heavy atom. The van der Waals surface area contributed by atoms with Crippen molar-refractivity contribution in [2.75, 3.05) is 12.3 Å². The first-order chi connectivity index (χ1) is 13.3. The normalized spacial score (nSPS) is 13.4. The smallest absolute Gasteiger partial charge is 0.209 e. The quantitative estimate of drug-likeness (QED) is 0.508. The van der Waals surface area contributed by atoms with E-state index in [9.17, 15) is 0 Å². The van der Waals surface area contributed by atoms with Crippen molar-refractivity contribution < 1.29 is 4.42 Å². The number of benzene rings is 2. The number of hydrogen-bond donors (Lipinski definition) is 1. The average Bonchev–Trinajstić information content (AvgIpc) is 3.47. The summed E-state index contributed by atoms with van der Waals surface area (Å²) in [6.45, 7) is 0.553. The van der Waals surface area contributed by atoms with Gasteiger partial charge in [-0.3, -0.25) is 5.10 Å². The third kappa shape index (κ3) is 3.26. The Hall–Kier alpha value is -3.26. The molecule has 0 saturated heterocycles. The Kier molecular flexibility index (Phi) is 4.02. The predicted octanol–water partition coefficient (Wildman–Crippen LogP) is 4.80. The van der Waals surface area contributed by atoms with Crippen molar-refractivity contribution in [2.45, 2.75) is 5.16 Å². The van der Waals surface area contributed by atoms with Crippen LogP contribution in [0.3, 0.4) is 0 Å². The maximum atomic E-state index is 6.00. The second-order valence-corrected chi connectivity index (χ2v) is 6.98. The van der Waals surface area contributed by atoms with Crippen molar-refractivity contribution in [2.24, 2.45) is 15.4 Å². The zero-order valence-corrected chi connectivity index (χ0v) is 15.0. The highest BCUT2D eigenvalue weighted by molar-refractivity contribution is 7.99. The molecule has 0 aliphatic carbocycles. The summed E-state index contributed by atoms with van der Waals surface area (Å²) in [5.74, 6) is 2.73. The van der Waals surface area contributed by atoms with Crippen molar-refractivity contribution in [3.63, 3.8) is 0 Å². The van der Waals surface area contributed by atoms with Gasteiger partial charge in [0.25, 0.3) is 0 Å². The molecule has 0 atom stereocenters. The van der Waals surface area contributed by atoms with Crippen molar-refractivity contribution in [1.82, 2.24) is 15.2 Å². The van der Waals surface area contributed by atoms with Crippen molar-refractivity contribution in [3.05, 3.63) is 54.6 Å². The van der Waals surface area contributed by atoms with E-state index in [1.54, 1.807) is 0 Å². The molecule has 27 heavy (non-hydrogen) atoms. The lowest BCUT2D eigenvalue weighted by Crippen LogP contribution is -2.02. The molecule has 2 aromatic heterocycles. The fourth-order valence-electron chi connectivity index (χ4n) is 2.85. The highest BCUT2D eigenvalue weighted by atomic mass is 32.2. The van der Waals surface area contributed by atoms with Gasteiger partial charge in [0.05, 0.1) is 5.71 Å². The summed E-state index contributed by atoms with van der Waals surface area (Å²) >= 11 is 1.49. The highest BCUT2D eigenvalue weighted by Crippen LogP contribution is 2.29. The van der Waals surface area contributed by atoms with Crippen LogP contribution < -0.4 is 0 Å². The Bertz CT molecular complexity index is 1180. The minimum Gasteiger partial charge on any atom is -0.453 e. The number of aromatic nitrogens is 3. The first-order valence-corrected chi connectivity index (χ1v) is 9.40. The fourth-order valence-corrected chi connectivity index (χ4v) is 3.56. The fraction of sp³-hybridized carbons (Fsp3) is 0.105. The monoisotopic (exact) mass is 374 g/mol. The molecule has 0 bridgehead atoms. The Labute approximate surface area is 158 Å². The Morgan fingerprint density at radius 1 is 1.00 bits per heavy atom. The molecule has 0 amide bonds. The van der Waals surface area contributed by atoms with E-state index in [-0.39, 0.29) is 0 Å². The van der Waals surface area contributed by atoms with Crippen LogP contribution in [0.2, 0.25) is 0 Å². The average molecular weight is 374 g/mol. The zero-order valence-electron chi connectivity index (χ0n) is 14.2. The van der Waals surface area contributed by atoms with Crippen LogP contribution >= 0.6 is 11.8 Å². The van der Waals surface area contributed by atoms with Crippen molar-refractivity contribution in [1.29, 1.82) is 0 Å². The molecule has 0 saturated carbocycles. The van der Waals surface area contributed by atoms with E-state index in [0.29, 0.717) is 29.0 Å². The molecule has 1 aliphatic heterocycles. The molecule has 7 nitrogen and oxygen atoms in total. The highest BCUT2D eigenvalue weighted by Gasteiger charge is 2.13. The zero-order chi connectivity index (χ0) is 18.1. The van der Waals surface area contributed by atoms with Gasteiger partial charge in [-0.1, -0.05) is 48.2 Å². The van der Waals surface area contributed by atoms with Gasteiger partial charge in [0.1, 0.15) is 12.3 Å². The predicted molar refractivity (Wildman–Crippen MR) is 105 cm³/mol. The molecule has 132 valence electrons. The van der Waals surface area contributed by atoms with Gasteiger partial charge in [0, 0.05) is 11.3 Å². The molecule has 0 radical (unpaired) electrons. The summed E-state index contributed by atoms with van der Waals surface area (Å²) in [5, 5.41) is 21.6. The number of nitrogens with one attached hydrogen (secondary N) is 1. The van der Waals surface area contributed by atoms with Gasteiger partial charge in [-0.25, -0.2) is 0 Å². The molecular formula is C19H14N6OS. The number of nitrogens with zero attached hydrogens (tertiary/aromatic N) is 5. The Balaban J connectivity index is 1.35. The number of H-pyrrole nitrogens is 1. The molecule has 2 aromatic carbocycles. The van der Waals surface area contributed by atoms with Gasteiger partial charge in [-0.15, -0.1) is 10.2 Å². The molecule has 8 heteroatoms. The summed E-state index contributed by atoms with van der Waals surface area (Å²) in [5.41, 5.74) is 1.95. The molecule has 0 spiro atoms. The molecule has 3 heterocycles. The lowest BCUT2D eigenvalue weighted by atomic mass is 10.1. The van der Waals surface area contributed by atoms with Gasteiger partial charge in [0.2, 0.25) is 5.16 Å². The van der Waals surface area contributed by atoms with E-state index < -0.39 is 0 Å². The molecule has 1 N–H and O–H groups in total. The summed E-state index contributed by atoms with van der Waals surface area (Å²) in [7, 11) is 0. The van der Waals surface area contributed by atoms with Gasteiger partial charge in [0.15, 0.2) is 11.6 Å². The molecule has 5 rings (SSSR count). The Morgan fingerprint density at radius 3 is 2.78 bits per heavy atom. The van der Waals surface area contributed by atoms with E-state index in [2.05, 4.69) is 61.0 Å². The minimum atomic E-state index is 0.553. The first-order valence-electron chi connectivity index (χ1n) is 8.42. The van der Waals surface area contributed by atoms with Gasteiger partial charge < -0.3 is 4.42 Å². The summed E-state index contributed by atoms with van der Waals surface area (Å²) in [6.07, 6.45) is 0. The first kappa shape index (κ1) is 16.0. The SMILES string of the molecule is c1ccc2cc(-c3ccc(-c4nc(SCC5=NN=NC5)n[nH]4)o3)ccc2c1. The molecule has 1 aliphatic rings. The van der Waals surface area contributed by atoms with E-state index in [4.69, 9.17) is 4.42 Å². The topological polar surface area (TPSA) is 91.8 Å². The summed E-state index contributed by atoms with van der Waals surface area (Å²) in [6, 6.07) is 18.4. The van der Waals surface area contributed by atoms with E-state index >= 15 is 0 Å². The van der Waals surface area contributed by atoms with E-state index in [0.717, 1.165) is 17.0 Å². The van der Waals surface area contributed by atoms with Crippen LogP contribution in [-0.4, -0.2) is 33.2 Å². The van der Waals surface area contributed by atoms with Crippen LogP contribution in [0.1, 0.15) is 0 Å². The lowest BCUT2D eigenvalue weighted by Gasteiger charge is -2.01. The standard InChI is InChI=1S/C19H14N6OS/c1-2-4-13-9-14(6-5-12(13)3-1)16-7-8-17(26-16)18-21-19(24-23-18)27-11-15-10-20-25-22-15/h1-9H,10-11H2,(H,21,23,24). The molecule has 4 aromatic rings. The largest absolute Gasteiger partial charge is 0.453 e. The molecular weight excluding hydrogens is 360 g/mol. The van der Waals surface area contributed by atoms with Crippen molar-refractivity contribution >= 4 is 28.2 Å². The van der Waals surface area contributed by atoms with Crippen LogP contribution in [-0.2, 0) is 0 Å². The van der Waals surface area contributed by atoms with Crippen LogP contribution in [0.15, 0.2) is 79.6 Å². The number of aromatic amines is 1. The summed E-state index contributed by atoms with van der Waals surface area (Å²) < 4.78 is 6.00. The summed E-state index contributed by atoms with van der Waals surface area (Å²) in [4.78, 5) is 4.48. The second-order valence-electron chi connectivity index (χ2n) is 6.04. The third-order valence-electron chi connectivity index (χ3n) is 4.21. The van der Waals surface area contributed by atoms with E-state index in [1.165, 1.54) is 22.5 Å². The van der Waals surface area contributed by atoms with E-state index in [1.807, 2.05) is 24.3 Å². The molecule has 0 fully saturated rings.